The average Bonchev–Trinajstić information content (AvgIpc) is 1.93. The van der Waals surface area contributed by atoms with E-state index in [-0.39, 0.29) is 0 Å². The molecule has 0 aromatic heterocycles. The fraction of sp³-hybridized carbons (Fsp3) is 1.00. The molecule has 1 rings (SSSR count). The minimum Gasteiger partial charge on any atom is -0.0710 e. The van der Waals surface area contributed by atoms with Gasteiger partial charge in [-0.25, -0.2) is 0 Å². The molecule has 0 nitrogen and oxygen atoms in total. The third-order valence-electron chi connectivity index (χ3n) is 3.03. The van der Waals surface area contributed by atoms with Crippen LogP contribution in [-0.2, 0) is 0 Å². The molecule has 0 aliphatic heterocycles. The predicted molar refractivity (Wildman–Crippen MR) is 58.3 cm³/mol. The summed E-state index contributed by atoms with van der Waals surface area (Å²) < 4.78 is 0. The molecule has 1 heteroatoms. The van der Waals surface area contributed by atoms with E-state index >= 15 is 0 Å². The van der Waals surface area contributed by atoms with E-state index in [0.717, 1.165) is 11.6 Å². The molecular weight excluding hydrogens is 143 g/mol. The maximum absolute atomic E-state index is 2.36. The van der Waals surface area contributed by atoms with Crippen LogP contribution in [0.4, 0.5) is 0 Å². The zero-order valence-corrected chi connectivity index (χ0v) is 8.81. The van der Waals surface area contributed by atoms with Crippen LogP contribution in [0.15, 0.2) is 0 Å². The third-order valence-corrected chi connectivity index (χ3v) is 3.03. The first-order chi connectivity index (χ1) is 5.79. The van der Waals surface area contributed by atoms with E-state index in [0.29, 0.717) is 0 Å². The summed E-state index contributed by atoms with van der Waals surface area (Å²) in [6.07, 6.45) is 10.5. The molecular formula is C11H23B. The Balaban J connectivity index is 2.20. The molecule has 1 saturated carbocycles. The van der Waals surface area contributed by atoms with Gasteiger partial charge in [-0.1, -0.05) is 70.4 Å². The van der Waals surface area contributed by atoms with Crippen LogP contribution in [0.2, 0.25) is 11.6 Å². The van der Waals surface area contributed by atoms with Gasteiger partial charge in [-0.3, -0.25) is 0 Å². The summed E-state index contributed by atoms with van der Waals surface area (Å²) in [4.78, 5) is 0. The number of hydrogen-bond donors (Lipinski definition) is 0. The molecule has 0 atom stereocenters. The highest BCUT2D eigenvalue weighted by molar-refractivity contribution is 6.39. The van der Waals surface area contributed by atoms with Crippen molar-refractivity contribution in [2.45, 2.75) is 70.4 Å². The predicted octanol–water partition coefficient (Wildman–Crippen LogP) is 3.78. The SMILES string of the molecule is CC(C)BC1CCCCCCC1. The lowest BCUT2D eigenvalue weighted by molar-refractivity contribution is 0.499. The summed E-state index contributed by atoms with van der Waals surface area (Å²) in [5.41, 5.74) is 0. The van der Waals surface area contributed by atoms with Crippen LogP contribution < -0.4 is 0 Å². The van der Waals surface area contributed by atoms with Crippen molar-refractivity contribution in [3.8, 4) is 0 Å². The molecule has 0 saturated heterocycles. The fourth-order valence-electron chi connectivity index (χ4n) is 2.44. The van der Waals surface area contributed by atoms with E-state index in [9.17, 15) is 0 Å². The number of hydrogen-bond acceptors (Lipinski definition) is 0. The Morgan fingerprint density at radius 1 is 0.917 bits per heavy atom. The maximum Gasteiger partial charge on any atom is 0.126 e. The monoisotopic (exact) mass is 166 g/mol. The van der Waals surface area contributed by atoms with Gasteiger partial charge in [0, 0.05) is 0 Å². The van der Waals surface area contributed by atoms with Crippen molar-refractivity contribution in [2.75, 3.05) is 0 Å². The molecule has 0 aromatic carbocycles. The molecule has 0 amide bonds. The first-order valence-electron chi connectivity index (χ1n) is 5.79. The Bertz CT molecular complexity index is 102. The van der Waals surface area contributed by atoms with E-state index in [1.165, 1.54) is 52.2 Å². The summed E-state index contributed by atoms with van der Waals surface area (Å²) >= 11 is 0. The van der Waals surface area contributed by atoms with E-state index in [4.69, 9.17) is 0 Å². The van der Waals surface area contributed by atoms with Gasteiger partial charge >= 0.3 is 0 Å². The van der Waals surface area contributed by atoms with E-state index in [1.54, 1.807) is 0 Å². The molecule has 0 unspecified atom stereocenters. The van der Waals surface area contributed by atoms with Crippen molar-refractivity contribution < 1.29 is 0 Å². The maximum atomic E-state index is 2.36. The minimum atomic E-state index is 0.912. The topological polar surface area (TPSA) is 0 Å². The molecule has 70 valence electrons. The van der Waals surface area contributed by atoms with Gasteiger partial charge < -0.3 is 0 Å². The zero-order chi connectivity index (χ0) is 8.81. The van der Waals surface area contributed by atoms with Crippen LogP contribution in [0.3, 0.4) is 0 Å². The first kappa shape index (κ1) is 10.1. The standard InChI is InChI=1S/C11H23B/c1-10(2)12-11-8-6-4-3-5-7-9-11/h10-12H,3-9H2,1-2H3. The second-order valence-electron chi connectivity index (χ2n) is 4.84. The smallest absolute Gasteiger partial charge is 0.0710 e. The minimum absolute atomic E-state index is 0.912. The van der Waals surface area contributed by atoms with Gasteiger partial charge in [-0.05, 0) is 0 Å². The molecule has 0 radical (unpaired) electrons. The van der Waals surface area contributed by atoms with Crippen LogP contribution in [-0.4, -0.2) is 7.28 Å². The fourth-order valence-corrected chi connectivity index (χ4v) is 2.44. The largest absolute Gasteiger partial charge is 0.126 e. The summed E-state index contributed by atoms with van der Waals surface area (Å²) in [6, 6.07) is 0. The van der Waals surface area contributed by atoms with Gasteiger partial charge in [-0.2, -0.15) is 0 Å². The van der Waals surface area contributed by atoms with Crippen molar-refractivity contribution in [2.24, 2.45) is 0 Å². The molecule has 0 aromatic rings. The van der Waals surface area contributed by atoms with Crippen molar-refractivity contribution in [3.63, 3.8) is 0 Å². The summed E-state index contributed by atoms with van der Waals surface area (Å²) in [6.45, 7) is 4.72. The summed E-state index contributed by atoms with van der Waals surface area (Å²) in [7, 11) is 1.47. The van der Waals surface area contributed by atoms with Crippen LogP contribution >= 0.6 is 0 Å². The third kappa shape index (κ3) is 4.18. The highest BCUT2D eigenvalue weighted by Gasteiger charge is 2.13. The Kier molecular flexibility index (Phi) is 4.79. The van der Waals surface area contributed by atoms with Gasteiger partial charge in [0.1, 0.15) is 7.28 Å². The van der Waals surface area contributed by atoms with Gasteiger partial charge in [0.2, 0.25) is 0 Å². The lowest BCUT2D eigenvalue weighted by Gasteiger charge is -2.19. The highest BCUT2D eigenvalue weighted by atomic mass is 14.1. The summed E-state index contributed by atoms with van der Waals surface area (Å²) in [5, 5.41) is 0. The van der Waals surface area contributed by atoms with Gasteiger partial charge in [-0.15, -0.1) is 0 Å². The van der Waals surface area contributed by atoms with Gasteiger partial charge in [0.25, 0.3) is 0 Å². The Hall–Kier alpha value is 0.0649. The van der Waals surface area contributed by atoms with Crippen LogP contribution in [0.5, 0.6) is 0 Å². The highest BCUT2D eigenvalue weighted by Crippen LogP contribution is 2.28. The summed E-state index contributed by atoms with van der Waals surface area (Å²) in [5.74, 6) is 1.97. The molecule has 0 spiro atoms. The molecule has 1 aliphatic rings. The first-order valence-corrected chi connectivity index (χ1v) is 5.79. The number of rotatable bonds is 2. The molecule has 0 heterocycles. The van der Waals surface area contributed by atoms with Crippen molar-refractivity contribution in [1.82, 2.24) is 0 Å². The van der Waals surface area contributed by atoms with Crippen LogP contribution in [0, 0.1) is 0 Å². The van der Waals surface area contributed by atoms with Crippen molar-refractivity contribution in [3.05, 3.63) is 0 Å². The van der Waals surface area contributed by atoms with E-state index < -0.39 is 0 Å². The average molecular weight is 166 g/mol. The lowest BCUT2D eigenvalue weighted by atomic mass is 9.53. The van der Waals surface area contributed by atoms with Crippen LogP contribution in [0.1, 0.15) is 58.8 Å². The zero-order valence-electron chi connectivity index (χ0n) is 8.81. The molecule has 12 heavy (non-hydrogen) atoms. The van der Waals surface area contributed by atoms with Gasteiger partial charge in [0.15, 0.2) is 0 Å². The lowest BCUT2D eigenvalue weighted by Crippen LogP contribution is -2.08. The second kappa shape index (κ2) is 5.67. The molecule has 0 N–H and O–H groups in total. The molecule has 1 fully saturated rings. The van der Waals surface area contributed by atoms with E-state index in [1.807, 2.05) is 0 Å². The Labute approximate surface area is 78.4 Å². The van der Waals surface area contributed by atoms with E-state index in [2.05, 4.69) is 13.8 Å². The van der Waals surface area contributed by atoms with Crippen molar-refractivity contribution >= 4 is 7.28 Å². The Morgan fingerprint density at radius 3 is 1.92 bits per heavy atom. The van der Waals surface area contributed by atoms with Crippen molar-refractivity contribution in [1.29, 1.82) is 0 Å². The second-order valence-corrected chi connectivity index (χ2v) is 4.84. The normalized spacial score (nSPS) is 21.9. The molecule has 1 aliphatic carbocycles. The molecule has 0 bridgehead atoms. The van der Waals surface area contributed by atoms with Crippen LogP contribution in [0.25, 0.3) is 0 Å². The van der Waals surface area contributed by atoms with Gasteiger partial charge in [0.05, 0.1) is 0 Å². The quantitative estimate of drug-likeness (QED) is 0.547. The Morgan fingerprint density at radius 2 is 1.42 bits per heavy atom.